The molecule has 1 aliphatic heterocycles. The molecule has 0 aromatic rings. The highest BCUT2D eigenvalue weighted by molar-refractivity contribution is 7.81. The molecule has 1 aliphatic rings. The Kier molecular flexibility index (Phi) is 4.26. The van der Waals surface area contributed by atoms with Crippen molar-refractivity contribution in [1.29, 1.82) is 0 Å². The van der Waals surface area contributed by atoms with Crippen LogP contribution in [0.3, 0.4) is 0 Å². The predicted molar refractivity (Wildman–Crippen MR) is 59.6 cm³/mol. The first-order valence-corrected chi connectivity index (χ1v) is 5.73. The summed E-state index contributed by atoms with van der Waals surface area (Å²) in [5, 5.41) is 3.30. The Bertz CT molecular complexity index is 200. The monoisotopic (exact) mass is 217 g/mol. The molecule has 0 aromatic carbocycles. The summed E-state index contributed by atoms with van der Waals surface area (Å²) >= 11 is 3.90. The third-order valence-corrected chi connectivity index (χ3v) is 3.09. The van der Waals surface area contributed by atoms with Gasteiger partial charge in [-0.15, -0.1) is 0 Å². The Labute approximate surface area is 91.0 Å². The van der Waals surface area contributed by atoms with Gasteiger partial charge >= 0.3 is 5.97 Å². The van der Waals surface area contributed by atoms with E-state index < -0.39 is 0 Å². The van der Waals surface area contributed by atoms with Crippen LogP contribution in [-0.2, 0) is 9.53 Å². The van der Waals surface area contributed by atoms with Crippen molar-refractivity contribution in [3.63, 3.8) is 0 Å². The molecule has 0 saturated carbocycles. The summed E-state index contributed by atoms with van der Waals surface area (Å²) in [7, 11) is 0. The number of carbonyl (C=O) groups is 1. The molecular formula is C10H19NO2S. The maximum atomic E-state index is 11.2. The van der Waals surface area contributed by atoms with Crippen LogP contribution >= 0.6 is 12.6 Å². The molecular weight excluding hydrogens is 198 g/mol. The van der Waals surface area contributed by atoms with E-state index in [0.29, 0.717) is 5.92 Å². The molecule has 0 spiro atoms. The van der Waals surface area contributed by atoms with Gasteiger partial charge in [0.25, 0.3) is 0 Å². The summed E-state index contributed by atoms with van der Waals surface area (Å²) in [6.45, 7) is 6.02. The first kappa shape index (κ1) is 11.9. The van der Waals surface area contributed by atoms with E-state index in [1.165, 1.54) is 0 Å². The zero-order valence-electron chi connectivity index (χ0n) is 8.88. The van der Waals surface area contributed by atoms with Crippen molar-refractivity contribution in [2.45, 2.75) is 32.3 Å². The number of carbonyl (C=O) groups excluding carboxylic acids is 1. The number of piperidine rings is 1. The number of thiol groups is 1. The minimum absolute atomic E-state index is 0.161. The van der Waals surface area contributed by atoms with E-state index in [1.807, 2.05) is 13.8 Å². The molecule has 14 heavy (non-hydrogen) atoms. The third kappa shape index (κ3) is 3.17. The minimum Gasteiger partial charge on any atom is -0.459 e. The fourth-order valence-corrected chi connectivity index (χ4v) is 1.99. The van der Waals surface area contributed by atoms with Crippen molar-refractivity contribution < 1.29 is 9.53 Å². The molecule has 0 atom stereocenters. The Morgan fingerprint density at radius 1 is 1.50 bits per heavy atom. The fraction of sp³-hybridized carbons (Fsp3) is 0.900. The summed E-state index contributed by atoms with van der Waals surface area (Å²) in [5.41, 5.74) is -0.345. The average Bonchev–Trinajstić information content (AvgIpc) is 2.18. The van der Waals surface area contributed by atoms with Crippen LogP contribution in [0.15, 0.2) is 0 Å². The number of ether oxygens (including phenoxy) is 1. The van der Waals surface area contributed by atoms with Crippen LogP contribution in [0.1, 0.15) is 26.7 Å². The SMILES string of the molecule is CC(C)(OC(=O)CS)C1CCNCC1. The first-order chi connectivity index (χ1) is 6.56. The number of rotatable bonds is 3. The van der Waals surface area contributed by atoms with Crippen molar-refractivity contribution in [2.75, 3.05) is 18.8 Å². The van der Waals surface area contributed by atoms with E-state index in [1.54, 1.807) is 0 Å². The van der Waals surface area contributed by atoms with Gasteiger partial charge in [0, 0.05) is 5.92 Å². The number of esters is 1. The van der Waals surface area contributed by atoms with Crippen LogP contribution in [0.25, 0.3) is 0 Å². The highest BCUT2D eigenvalue weighted by Gasteiger charge is 2.33. The quantitative estimate of drug-likeness (QED) is 0.552. The van der Waals surface area contributed by atoms with E-state index in [0.717, 1.165) is 25.9 Å². The van der Waals surface area contributed by atoms with Crippen molar-refractivity contribution in [1.82, 2.24) is 5.32 Å². The van der Waals surface area contributed by atoms with E-state index in [4.69, 9.17) is 4.74 Å². The maximum absolute atomic E-state index is 11.2. The summed E-state index contributed by atoms with van der Waals surface area (Å²) in [4.78, 5) is 11.2. The van der Waals surface area contributed by atoms with Gasteiger partial charge in [-0.05, 0) is 39.8 Å². The second-order valence-corrected chi connectivity index (χ2v) is 4.58. The molecule has 1 saturated heterocycles. The predicted octanol–water partition coefficient (Wildman–Crippen LogP) is 1.24. The van der Waals surface area contributed by atoms with Gasteiger partial charge in [-0.3, -0.25) is 4.79 Å². The van der Waals surface area contributed by atoms with Gasteiger partial charge in [0.15, 0.2) is 0 Å². The van der Waals surface area contributed by atoms with Crippen LogP contribution in [0.5, 0.6) is 0 Å². The third-order valence-electron chi connectivity index (χ3n) is 2.83. The Morgan fingerprint density at radius 3 is 2.57 bits per heavy atom. The normalized spacial score (nSPS) is 19.4. The molecule has 1 fully saturated rings. The highest BCUT2D eigenvalue weighted by Crippen LogP contribution is 2.28. The number of nitrogens with one attached hydrogen (secondary N) is 1. The smallest absolute Gasteiger partial charge is 0.316 e. The van der Waals surface area contributed by atoms with Gasteiger partial charge in [-0.25, -0.2) is 0 Å². The van der Waals surface area contributed by atoms with E-state index in [9.17, 15) is 4.79 Å². The summed E-state index contributed by atoms with van der Waals surface area (Å²) in [6.07, 6.45) is 2.15. The number of hydrogen-bond donors (Lipinski definition) is 2. The zero-order valence-corrected chi connectivity index (χ0v) is 9.77. The Balaban J connectivity index is 2.49. The lowest BCUT2D eigenvalue weighted by Gasteiger charge is -2.36. The molecule has 4 heteroatoms. The Morgan fingerprint density at radius 2 is 2.07 bits per heavy atom. The molecule has 1 N–H and O–H groups in total. The maximum Gasteiger partial charge on any atom is 0.316 e. The van der Waals surface area contributed by atoms with Crippen LogP contribution in [0.2, 0.25) is 0 Å². The largest absolute Gasteiger partial charge is 0.459 e. The lowest BCUT2D eigenvalue weighted by Crippen LogP contribution is -2.43. The standard InChI is InChI=1S/C10H19NO2S/c1-10(2,13-9(12)7-14)8-3-5-11-6-4-8/h8,11,14H,3-7H2,1-2H3. The van der Waals surface area contributed by atoms with Crippen molar-refractivity contribution in [2.24, 2.45) is 5.92 Å². The molecule has 0 aromatic heterocycles. The van der Waals surface area contributed by atoms with E-state index in [-0.39, 0.29) is 17.3 Å². The first-order valence-electron chi connectivity index (χ1n) is 5.09. The highest BCUT2D eigenvalue weighted by atomic mass is 32.1. The zero-order chi connectivity index (χ0) is 10.6. The lowest BCUT2D eigenvalue weighted by atomic mass is 9.83. The molecule has 1 rings (SSSR count). The topological polar surface area (TPSA) is 38.3 Å². The molecule has 0 amide bonds. The number of hydrogen-bond acceptors (Lipinski definition) is 4. The molecule has 82 valence electrons. The van der Waals surface area contributed by atoms with Gasteiger partial charge in [0.1, 0.15) is 5.60 Å². The minimum atomic E-state index is -0.345. The molecule has 0 aliphatic carbocycles. The average molecular weight is 217 g/mol. The van der Waals surface area contributed by atoms with Crippen LogP contribution < -0.4 is 5.32 Å². The van der Waals surface area contributed by atoms with Crippen LogP contribution in [-0.4, -0.2) is 30.4 Å². The molecule has 3 nitrogen and oxygen atoms in total. The molecule has 0 unspecified atom stereocenters. The lowest BCUT2D eigenvalue weighted by molar-refractivity contribution is -0.159. The molecule has 0 bridgehead atoms. The van der Waals surface area contributed by atoms with Gasteiger partial charge in [0.2, 0.25) is 0 Å². The summed E-state index contributed by atoms with van der Waals surface area (Å²) in [5.74, 6) is 0.401. The van der Waals surface area contributed by atoms with Gasteiger partial charge in [-0.1, -0.05) is 0 Å². The summed E-state index contributed by atoms with van der Waals surface area (Å²) in [6, 6.07) is 0. The van der Waals surface area contributed by atoms with Crippen molar-refractivity contribution in [3.05, 3.63) is 0 Å². The second-order valence-electron chi connectivity index (χ2n) is 4.26. The van der Waals surface area contributed by atoms with Crippen molar-refractivity contribution in [3.8, 4) is 0 Å². The van der Waals surface area contributed by atoms with Gasteiger partial charge in [0.05, 0.1) is 5.75 Å². The Hall–Kier alpha value is -0.220. The molecule has 0 radical (unpaired) electrons. The van der Waals surface area contributed by atoms with Gasteiger partial charge in [-0.2, -0.15) is 12.6 Å². The van der Waals surface area contributed by atoms with Crippen LogP contribution in [0, 0.1) is 5.92 Å². The summed E-state index contributed by atoms with van der Waals surface area (Å²) < 4.78 is 5.38. The van der Waals surface area contributed by atoms with E-state index in [2.05, 4.69) is 17.9 Å². The fourth-order valence-electron chi connectivity index (χ4n) is 1.93. The van der Waals surface area contributed by atoms with E-state index >= 15 is 0 Å². The van der Waals surface area contributed by atoms with Gasteiger partial charge < -0.3 is 10.1 Å². The molecule has 1 heterocycles. The van der Waals surface area contributed by atoms with Crippen LogP contribution in [0.4, 0.5) is 0 Å². The van der Waals surface area contributed by atoms with Crippen molar-refractivity contribution >= 4 is 18.6 Å². The second kappa shape index (κ2) is 5.03.